The van der Waals surface area contributed by atoms with Crippen molar-refractivity contribution in [3.05, 3.63) is 27.0 Å². The molecule has 0 N–H and O–H groups in total. The fraction of sp³-hybridized carbons (Fsp3) is 0.562. The van der Waals surface area contributed by atoms with Crippen LogP contribution in [0, 0.1) is 11.3 Å². The van der Waals surface area contributed by atoms with Crippen LogP contribution in [0.5, 0.6) is 5.75 Å². The summed E-state index contributed by atoms with van der Waals surface area (Å²) in [6.45, 7) is 8.79. The summed E-state index contributed by atoms with van der Waals surface area (Å²) in [7, 11) is 0. The Bertz CT molecular complexity index is 635. The molecular weight excluding hydrogens is 286 g/mol. The van der Waals surface area contributed by atoms with Crippen LogP contribution in [-0.4, -0.2) is 11.4 Å². The topological polar surface area (TPSA) is 33.0 Å². The molecule has 0 aromatic carbocycles. The fourth-order valence-electron chi connectivity index (χ4n) is 3.18. The summed E-state index contributed by atoms with van der Waals surface area (Å²) >= 11 is 3.65. The minimum Gasteiger partial charge on any atom is -0.487 e. The van der Waals surface area contributed by atoms with E-state index in [-0.39, 0.29) is 10.3 Å². The van der Waals surface area contributed by atoms with Crippen LogP contribution < -0.4 is 4.74 Å². The molecule has 0 aliphatic carbocycles. The van der Waals surface area contributed by atoms with E-state index in [1.807, 2.05) is 17.8 Å². The van der Waals surface area contributed by atoms with Gasteiger partial charge in [-0.2, -0.15) is 5.26 Å². The number of hydrogen-bond acceptors (Lipinski definition) is 4. The molecule has 0 saturated carbocycles. The summed E-state index contributed by atoms with van der Waals surface area (Å²) < 4.78 is 6.22. The van der Waals surface area contributed by atoms with E-state index in [0.717, 1.165) is 29.2 Å². The molecule has 2 nitrogen and oxygen atoms in total. The zero-order chi connectivity index (χ0) is 14.5. The van der Waals surface area contributed by atoms with Gasteiger partial charge in [-0.3, -0.25) is 0 Å². The molecule has 0 saturated heterocycles. The minimum absolute atomic E-state index is 0.0977. The van der Waals surface area contributed by atoms with E-state index in [9.17, 15) is 5.26 Å². The van der Waals surface area contributed by atoms with E-state index < -0.39 is 0 Å². The number of allylic oxidation sites excluding steroid dienone is 1. The van der Waals surface area contributed by atoms with E-state index in [1.54, 1.807) is 11.3 Å². The molecule has 1 spiro atoms. The summed E-state index contributed by atoms with van der Waals surface area (Å²) in [5.41, 5.74) is 2.84. The van der Waals surface area contributed by atoms with Crippen molar-refractivity contribution in [2.45, 2.75) is 50.9 Å². The van der Waals surface area contributed by atoms with Gasteiger partial charge in [0.2, 0.25) is 0 Å². The second-order valence-electron chi connectivity index (χ2n) is 6.47. The van der Waals surface area contributed by atoms with Gasteiger partial charge in [0.25, 0.3) is 0 Å². The maximum absolute atomic E-state index is 9.19. The van der Waals surface area contributed by atoms with Crippen molar-refractivity contribution in [2.24, 2.45) is 0 Å². The third-order valence-electron chi connectivity index (χ3n) is 4.16. The summed E-state index contributed by atoms with van der Waals surface area (Å²) in [5, 5.41) is 9.19. The normalized spacial score (nSPS) is 27.9. The molecule has 106 valence electrons. The van der Waals surface area contributed by atoms with Crippen LogP contribution in [0.25, 0.3) is 0 Å². The van der Waals surface area contributed by atoms with Crippen molar-refractivity contribution in [3.8, 4) is 11.8 Å². The Labute approximate surface area is 128 Å². The molecule has 3 heterocycles. The highest BCUT2D eigenvalue weighted by Gasteiger charge is 2.48. The summed E-state index contributed by atoms with van der Waals surface area (Å²) in [6, 6.07) is 4.19. The van der Waals surface area contributed by atoms with Crippen LogP contribution in [0.3, 0.4) is 0 Å². The molecule has 0 fully saturated rings. The minimum atomic E-state index is -0.167. The molecule has 0 amide bonds. The third kappa shape index (κ3) is 2.17. The lowest BCUT2D eigenvalue weighted by Crippen LogP contribution is -2.43. The summed E-state index contributed by atoms with van der Waals surface area (Å²) in [6.07, 6.45) is 2.09. The third-order valence-corrected chi connectivity index (χ3v) is 7.14. The Morgan fingerprint density at radius 2 is 2.05 bits per heavy atom. The van der Waals surface area contributed by atoms with Crippen LogP contribution in [0.4, 0.5) is 0 Å². The average Bonchev–Trinajstić information content (AvgIpc) is 2.76. The van der Waals surface area contributed by atoms with Crippen LogP contribution in [-0.2, 0) is 4.75 Å². The predicted octanol–water partition coefficient (Wildman–Crippen LogP) is 4.85. The maximum atomic E-state index is 9.19. The predicted molar refractivity (Wildman–Crippen MR) is 85.5 cm³/mol. The zero-order valence-corrected chi connectivity index (χ0v) is 14.0. The number of hydrogen-bond donors (Lipinski definition) is 0. The quantitative estimate of drug-likeness (QED) is 0.642. The summed E-state index contributed by atoms with van der Waals surface area (Å²) in [5.74, 6) is 2.02. The van der Waals surface area contributed by atoms with Gasteiger partial charge in [-0.05, 0) is 34.1 Å². The molecule has 2 aliphatic heterocycles. The van der Waals surface area contributed by atoms with Gasteiger partial charge < -0.3 is 4.74 Å². The van der Waals surface area contributed by atoms with Gasteiger partial charge in [-0.15, -0.1) is 23.1 Å². The van der Waals surface area contributed by atoms with Gasteiger partial charge in [0.1, 0.15) is 22.3 Å². The monoisotopic (exact) mass is 305 g/mol. The first-order valence-corrected chi connectivity index (χ1v) is 8.68. The van der Waals surface area contributed by atoms with Crippen LogP contribution in [0.15, 0.2) is 17.2 Å². The van der Waals surface area contributed by atoms with Gasteiger partial charge in [0, 0.05) is 18.2 Å². The highest BCUT2D eigenvalue weighted by molar-refractivity contribution is 8.00. The highest BCUT2D eigenvalue weighted by atomic mass is 32.2. The second kappa shape index (κ2) is 4.54. The largest absolute Gasteiger partial charge is 0.487 e. The first-order valence-electron chi connectivity index (χ1n) is 6.88. The van der Waals surface area contributed by atoms with Gasteiger partial charge in [-0.25, -0.2) is 0 Å². The molecule has 0 bridgehead atoms. The van der Waals surface area contributed by atoms with Crippen molar-refractivity contribution in [1.29, 1.82) is 5.26 Å². The molecule has 2 aliphatic rings. The number of thiophene rings is 1. The fourth-order valence-corrected chi connectivity index (χ4v) is 6.19. The molecular formula is C16H19NOS2. The lowest BCUT2D eigenvalue weighted by Gasteiger charge is -2.46. The van der Waals surface area contributed by atoms with Crippen molar-refractivity contribution in [2.75, 3.05) is 5.75 Å². The highest BCUT2D eigenvalue weighted by Crippen LogP contribution is 2.59. The smallest absolute Gasteiger partial charge is 0.136 e. The Balaban J connectivity index is 2.13. The van der Waals surface area contributed by atoms with Gasteiger partial charge >= 0.3 is 0 Å². The Hall–Kier alpha value is -0.920. The summed E-state index contributed by atoms with van der Waals surface area (Å²) in [4.78, 5) is 2.03. The number of nitrogens with zero attached hydrogens (tertiary/aromatic N) is 1. The molecule has 1 unspecified atom stereocenters. The Kier molecular flexibility index (Phi) is 3.19. The molecule has 3 rings (SSSR count). The van der Waals surface area contributed by atoms with Crippen LogP contribution >= 0.6 is 23.1 Å². The Morgan fingerprint density at radius 1 is 1.30 bits per heavy atom. The van der Waals surface area contributed by atoms with Crippen LogP contribution in [0.1, 0.15) is 50.3 Å². The number of fused-ring (bicyclic) bond motifs is 2. The van der Waals surface area contributed by atoms with E-state index in [1.165, 1.54) is 16.0 Å². The molecule has 0 radical (unpaired) electrons. The second-order valence-corrected chi connectivity index (χ2v) is 8.89. The zero-order valence-electron chi connectivity index (χ0n) is 12.4. The lowest BCUT2D eigenvalue weighted by molar-refractivity contribution is 0.0671. The van der Waals surface area contributed by atoms with Crippen molar-refractivity contribution < 1.29 is 4.74 Å². The van der Waals surface area contributed by atoms with Gasteiger partial charge in [0.15, 0.2) is 0 Å². The number of rotatable bonds is 0. The lowest BCUT2D eigenvalue weighted by atomic mass is 9.83. The van der Waals surface area contributed by atoms with E-state index in [0.29, 0.717) is 0 Å². The average molecular weight is 305 g/mol. The SMILES string of the molecule is CC1=C(C)CC2(CC(C)(C)Oc3cc(C#N)sc32)SC1. The molecule has 1 aromatic rings. The molecule has 1 atom stereocenters. The van der Waals surface area contributed by atoms with E-state index >= 15 is 0 Å². The Morgan fingerprint density at radius 3 is 2.70 bits per heavy atom. The van der Waals surface area contributed by atoms with E-state index in [4.69, 9.17) is 4.74 Å². The molecule has 4 heteroatoms. The first kappa shape index (κ1) is 14.0. The molecule has 20 heavy (non-hydrogen) atoms. The van der Waals surface area contributed by atoms with E-state index in [2.05, 4.69) is 33.8 Å². The first-order chi connectivity index (χ1) is 9.35. The van der Waals surface area contributed by atoms with Gasteiger partial charge in [0.05, 0.1) is 9.62 Å². The number of thioether (sulfide) groups is 1. The van der Waals surface area contributed by atoms with Crippen molar-refractivity contribution >= 4 is 23.1 Å². The number of nitriles is 1. The van der Waals surface area contributed by atoms with Crippen molar-refractivity contribution in [3.63, 3.8) is 0 Å². The van der Waals surface area contributed by atoms with Crippen LogP contribution in [0.2, 0.25) is 0 Å². The molecule has 1 aromatic heterocycles. The number of ether oxygens (including phenoxy) is 1. The van der Waals surface area contributed by atoms with Gasteiger partial charge in [-0.1, -0.05) is 11.1 Å². The maximum Gasteiger partial charge on any atom is 0.136 e. The standard InChI is InChI=1S/C16H19NOS2/c1-10-6-16(19-8-11(10)2)9-15(3,4)18-13-5-12(7-17)20-14(13)16/h5H,6,8-9H2,1-4H3. The van der Waals surface area contributed by atoms with Crippen molar-refractivity contribution in [1.82, 2.24) is 0 Å².